The van der Waals surface area contributed by atoms with Gasteiger partial charge < -0.3 is 25.1 Å². The Morgan fingerprint density at radius 2 is 1.77 bits per heavy atom. The molecule has 0 saturated carbocycles. The predicted octanol–water partition coefficient (Wildman–Crippen LogP) is 3.47. The minimum absolute atomic E-state index is 0. The second-order valence-electron chi connectivity index (χ2n) is 5.56. The summed E-state index contributed by atoms with van der Waals surface area (Å²) in [5.41, 5.74) is 1.15. The zero-order valence-electron chi connectivity index (χ0n) is 15.2. The van der Waals surface area contributed by atoms with Gasteiger partial charge >= 0.3 is 0 Å². The van der Waals surface area contributed by atoms with Crippen molar-refractivity contribution in [3.8, 4) is 0 Å². The summed E-state index contributed by atoms with van der Waals surface area (Å²) in [5.74, 6) is 1.68. The predicted molar refractivity (Wildman–Crippen MR) is 117 cm³/mol. The number of furan rings is 1. The van der Waals surface area contributed by atoms with E-state index in [-0.39, 0.29) is 24.0 Å². The van der Waals surface area contributed by atoms with Gasteiger partial charge in [0, 0.05) is 39.0 Å². The molecule has 0 amide bonds. The van der Waals surface area contributed by atoms with Crippen molar-refractivity contribution in [2.45, 2.75) is 19.4 Å². The first-order chi connectivity index (χ1) is 12.4. The summed E-state index contributed by atoms with van der Waals surface area (Å²) >= 11 is 0. The van der Waals surface area contributed by atoms with E-state index in [1.54, 1.807) is 13.3 Å². The lowest BCUT2D eigenvalue weighted by Crippen LogP contribution is -2.38. The summed E-state index contributed by atoms with van der Waals surface area (Å²) in [6.07, 6.45) is 3.59. The largest absolute Gasteiger partial charge is 0.467 e. The topological polar surface area (TPSA) is 70.8 Å². The van der Waals surface area contributed by atoms with E-state index >= 15 is 0 Å². The molecule has 0 atom stereocenters. The molecule has 0 radical (unpaired) electrons. The summed E-state index contributed by atoms with van der Waals surface area (Å²) in [6.45, 7) is 3.82. The summed E-state index contributed by atoms with van der Waals surface area (Å²) in [6, 6.07) is 14.0. The number of benzene rings is 1. The van der Waals surface area contributed by atoms with Crippen molar-refractivity contribution in [2.24, 2.45) is 4.99 Å². The maximum atomic E-state index is 5.55. The molecule has 6 nitrogen and oxygen atoms in total. The van der Waals surface area contributed by atoms with Crippen LogP contribution in [0, 0.1) is 0 Å². The highest BCUT2D eigenvalue weighted by Gasteiger charge is 1.98. The first kappa shape index (κ1) is 22.3. The molecule has 1 aromatic heterocycles. The molecule has 1 heterocycles. The molecule has 0 aliphatic rings. The molecular weight excluding hydrogens is 443 g/mol. The van der Waals surface area contributed by atoms with Gasteiger partial charge in [0.05, 0.1) is 6.26 Å². The summed E-state index contributed by atoms with van der Waals surface area (Å²) in [5, 5.41) is 9.99. The van der Waals surface area contributed by atoms with Gasteiger partial charge in [0.2, 0.25) is 0 Å². The second-order valence-corrected chi connectivity index (χ2v) is 5.56. The van der Waals surface area contributed by atoms with Crippen LogP contribution in [0.15, 0.2) is 58.1 Å². The molecule has 0 spiro atoms. The number of hydrogen-bond donors (Lipinski definition) is 3. The number of halogens is 1. The van der Waals surface area contributed by atoms with E-state index in [0.29, 0.717) is 13.2 Å². The summed E-state index contributed by atoms with van der Waals surface area (Å²) in [7, 11) is 1.78. The molecule has 26 heavy (non-hydrogen) atoms. The van der Waals surface area contributed by atoms with E-state index < -0.39 is 0 Å². The van der Waals surface area contributed by atoms with E-state index in [0.717, 1.165) is 49.9 Å². The fourth-order valence-electron chi connectivity index (χ4n) is 2.25. The van der Waals surface area contributed by atoms with E-state index in [2.05, 4.69) is 33.1 Å². The Morgan fingerprint density at radius 1 is 1.00 bits per heavy atom. The number of para-hydroxylation sites is 1. The fraction of sp³-hybridized carbons (Fsp3) is 0.421. The standard InChI is InChI=1S/C19H28N4O2.HI/c1-20-19(22-12-6-11-21-17-8-3-2-4-9-17)23-13-7-14-24-16-18-10-5-15-25-18;/h2-5,8-10,15,21H,6-7,11-14,16H2,1H3,(H2,20,22,23);1H. The van der Waals surface area contributed by atoms with E-state index in [9.17, 15) is 0 Å². The van der Waals surface area contributed by atoms with Crippen LogP contribution in [0.4, 0.5) is 5.69 Å². The molecule has 0 saturated heterocycles. The molecule has 144 valence electrons. The van der Waals surface area contributed by atoms with Crippen LogP contribution in [0.3, 0.4) is 0 Å². The van der Waals surface area contributed by atoms with Crippen molar-refractivity contribution in [1.82, 2.24) is 10.6 Å². The van der Waals surface area contributed by atoms with E-state index in [1.165, 1.54) is 0 Å². The average molecular weight is 472 g/mol. The fourth-order valence-corrected chi connectivity index (χ4v) is 2.25. The Bertz CT molecular complexity index is 591. The maximum absolute atomic E-state index is 5.55. The van der Waals surface area contributed by atoms with Crippen LogP contribution in [0.5, 0.6) is 0 Å². The van der Waals surface area contributed by atoms with Crippen LogP contribution in [-0.4, -0.2) is 39.2 Å². The van der Waals surface area contributed by atoms with Gasteiger partial charge in [-0.3, -0.25) is 4.99 Å². The first-order valence-corrected chi connectivity index (χ1v) is 8.72. The number of guanidine groups is 1. The number of ether oxygens (including phenoxy) is 1. The zero-order chi connectivity index (χ0) is 17.6. The third-order valence-electron chi connectivity index (χ3n) is 3.55. The highest BCUT2D eigenvalue weighted by molar-refractivity contribution is 14.0. The van der Waals surface area contributed by atoms with Gasteiger partial charge in [-0.1, -0.05) is 18.2 Å². The summed E-state index contributed by atoms with van der Waals surface area (Å²) in [4.78, 5) is 4.22. The van der Waals surface area contributed by atoms with Crippen molar-refractivity contribution < 1.29 is 9.15 Å². The molecule has 0 unspecified atom stereocenters. The minimum Gasteiger partial charge on any atom is -0.467 e. The molecule has 7 heteroatoms. The Hall–Kier alpha value is -1.74. The normalized spacial score (nSPS) is 10.9. The van der Waals surface area contributed by atoms with Gasteiger partial charge in [0.25, 0.3) is 0 Å². The number of hydrogen-bond acceptors (Lipinski definition) is 4. The van der Waals surface area contributed by atoms with Crippen LogP contribution < -0.4 is 16.0 Å². The molecular formula is C19H29IN4O2. The molecule has 1 aromatic carbocycles. The van der Waals surface area contributed by atoms with Gasteiger partial charge in [0.15, 0.2) is 5.96 Å². The Kier molecular flexibility index (Phi) is 12.4. The molecule has 3 N–H and O–H groups in total. The van der Waals surface area contributed by atoms with Crippen LogP contribution in [0.1, 0.15) is 18.6 Å². The molecule has 0 bridgehead atoms. The smallest absolute Gasteiger partial charge is 0.190 e. The SMILES string of the molecule is CN=C(NCCCNc1ccccc1)NCCCOCc1ccco1.I. The number of aliphatic imine (C=N–C) groups is 1. The quantitative estimate of drug-likeness (QED) is 0.202. The van der Waals surface area contributed by atoms with Crippen LogP contribution in [0.25, 0.3) is 0 Å². The third-order valence-corrected chi connectivity index (χ3v) is 3.55. The van der Waals surface area contributed by atoms with Crippen LogP contribution >= 0.6 is 24.0 Å². The Morgan fingerprint density at radius 3 is 2.46 bits per heavy atom. The highest BCUT2D eigenvalue weighted by atomic mass is 127. The Labute approximate surface area is 172 Å². The number of rotatable bonds is 11. The zero-order valence-corrected chi connectivity index (χ0v) is 17.6. The van der Waals surface area contributed by atoms with E-state index in [1.807, 2.05) is 30.3 Å². The average Bonchev–Trinajstić information content (AvgIpc) is 3.17. The van der Waals surface area contributed by atoms with Gasteiger partial charge in [-0.15, -0.1) is 24.0 Å². The van der Waals surface area contributed by atoms with Crippen LogP contribution in [-0.2, 0) is 11.3 Å². The molecule has 2 aromatic rings. The van der Waals surface area contributed by atoms with Gasteiger partial charge in [0.1, 0.15) is 12.4 Å². The van der Waals surface area contributed by atoms with Crippen molar-refractivity contribution in [3.05, 3.63) is 54.5 Å². The van der Waals surface area contributed by atoms with Gasteiger partial charge in [-0.05, 0) is 37.1 Å². The maximum Gasteiger partial charge on any atom is 0.190 e. The van der Waals surface area contributed by atoms with E-state index in [4.69, 9.17) is 9.15 Å². The molecule has 0 fully saturated rings. The highest BCUT2D eigenvalue weighted by Crippen LogP contribution is 2.04. The lowest BCUT2D eigenvalue weighted by atomic mass is 10.3. The number of nitrogens with zero attached hydrogens (tertiary/aromatic N) is 1. The van der Waals surface area contributed by atoms with Crippen molar-refractivity contribution in [2.75, 3.05) is 38.6 Å². The number of anilines is 1. The lowest BCUT2D eigenvalue weighted by molar-refractivity contribution is 0.105. The third kappa shape index (κ3) is 9.67. The van der Waals surface area contributed by atoms with Crippen molar-refractivity contribution in [3.63, 3.8) is 0 Å². The molecule has 2 rings (SSSR count). The monoisotopic (exact) mass is 472 g/mol. The lowest BCUT2D eigenvalue weighted by Gasteiger charge is -2.12. The first-order valence-electron chi connectivity index (χ1n) is 8.72. The van der Waals surface area contributed by atoms with Crippen LogP contribution in [0.2, 0.25) is 0 Å². The van der Waals surface area contributed by atoms with Gasteiger partial charge in [-0.2, -0.15) is 0 Å². The number of nitrogens with one attached hydrogen (secondary N) is 3. The Balaban J connectivity index is 0.00000338. The molecule has 0 aliphatic carbocycles. The molecule has 0 aliphatic heterocycles. The van der Waals surface area contributed by atoms with Gasteiger partial charge in [-0.25, -0.2) is 0 Å². The minimum atomic E-state index is 0. The second kappa shape index (κ2) is 14.4. The van der Waals surface area contributed by atoms with Crippen molar-refractivity contribution in [1.29, 1.82) is 0 Å². The summed E-state index contributed by atoms with van der Waals surface area (Å²) < 4.78 is 10.8. The van der Waals surface area contributed by atoms with Crippen molar-refractivity contribution >= 4 is 35.6 Å².